The molecule has 18 heavy (non-hydrogen) atoms. The third-order valence-electron chi connectivity index (χ3n) is 2.77. The SMILES string of the molecule is CCn1ncnc1COc1ccc(C(C)N)cc1. The third kappa shape index (κ3) is 2.87. The monoisotopic (exact) mass is 246 g/mol. The van der Waals surface area contributed by atoms with Crippen molar-refractivity contribution >= 4 is 0 Å². The van der Waals surface area contributed by atoms with Crippen molar-refractivity contribution < 1.29 is 4.74 Å². The second kappa shape index (κ2) is 5.64. The molecule has 0 fully saturated rings. The van der Waals surface area contributed by atoms with E-state index in [1.807, 2.05) is 42.8 Å². The van der Waals surface area contributed by atoms with Gasteiger partial charge in [-0.05, 0) is 31.5 Å². The maximum atomic E-state index is 5.79. The predicted octanol–water partition coefficient (Wildman–Crippen LogP) is 1.90. The average molecular weight is 246 g/mol. The molecule has 5 heteroatoms. The smallest absolute Gasteiger partial charge is 0.164 e. The molecular weight excluding hydrogens is 228 g/mol. The lowest BCUT2D eigenvalue weighted by Gasteiger charge is -2.09. The number of aromatic nitrogens is 3. The summed E-state index contributed by atoms with van der Waals surface area (Å²) in [6.07, 6.45) is 1.54. The van der Waals surface area contributed by atoms with Crippen LogP contribution in [0.5, 0.6) is 5.75 Å². The highest BCUT2D eigenvalue weighted by Gasteiger charge is 2.04. The molecule has 0 bridgehead atoms. The van der Waals surface area contributed by atoms with Crippen LogP contribution in [-0.4, -0.2) is 14.8 Å². The van der Waals surface area contributed by atoms with Gasteiger partial charge in [-0.15, -0.1) is 0 Å². The van der Waals surface area contributed by atoms with Crippen LogP contribution in [0.3, 0.4) is 0 Å². The Morgan fingerprint density at radius 3 is 2.67 bits per heavy atom. The Hall–Kier alpha value is -1.88. The molecule has 2 aromatic rings. The van der Waals surface area contributed by atoms with Gasteiger partial charge in [-0.3, -0.25) is 0 Å². The van der Waals surface area contributed by atoms with E-state index in [2.05, 4.69) is 10.1 Å². The van der Waals surface area contributed by atoms with Gasteiger partial charge in [0.25, 0.3) is 0 Å². The first kappa shape index (κ1) is 12.6. The number of aryl methyl sites for hydroxylation is 1. The maximum absolute atomic E-state index is 5.79. The lowest BCUT2D eigenvalue weighted by molar-refractivity contribution is 0.287. The molecule has 2 N–H and O–H groups in total. The van der Waals surface area contributed by atoms with Crippen LogP contribution in [0.15, 0.2) is 30.6 Å². The number of hydrogen-bond acceptors (Lipinski definition) is 4. The van der Waals surface area contributed by atoms with Crippen molar-refractivity contribution in [3.63, 3.8) is 0 Å². The first-order valence-electron chi connectivity index (χ1n) is 6.05. The van der Waals surface area contributed by atoms with Gasteiger partial charge in [0.1, 0.15) is 18.7 Å². The highest BCUT2D eigenvalue weighted by molar-refractivity contribution is 5.28. The van der Waals surface area contributed by atoms with Gasteiger partial charge < -0.3 is 10.5 Å². The van der Waals surface area contributed by atoms with E-state index in [9.17, 15) is 0 Å². The Bertz CT molecular complexity index is 490. The standard InChI is InChI=1S/C13H18N4O/c1-3-17-13(15-9-16-17)8-18-12-6-4-11(5-7-12)10(2)14/h4-7,9-10H,3,8,14H2,1-2H3. The van der Waals surface area contributed by atoms with Crippen LogP contribution in [-0.2, 0) is 13.2 Å². The minimum Gasteiger partial charge on any atom is -0.486 e. The van der Waals surface area contributed by atoms with Gasteiger partial charge in [0.05, 0.1) is 0 Å². The fraction of sp³-hybridized carbons (Fsp3) is 0.385. The molecule has 1 unspecified atom stereocenters. The van der Waals surface area contributed by atoms with Crippen LogP contribution in [0.25, 0.3) is 0 Å². The number of hydrogen-bond donors (Lipinski definition) is 1. The van der Waals surface area contributed by atoms with Gasteiger partial charge in [0.15, 0.2) is 5.82 Å². The Kier molecular flexibility index (Phi) is 3.94. The number of ether oxygens (including phenoxy) is 1. The van der Waals surface area contributed by atoms with Gasteiger partial charge >= 0.3 is 0 Å². The third-order valence-corrected chi connectivity index (χ3v) is 2.77. The molecule has 1 aromatic heterocycles. The summed E-state index contributed by atoms with van der Waals surface area (Å²) in [5.41, 5.74) is 6.89. The van der Waals surface area contributed by atoms with E-state index in [0.717, 1.165) is 23.7 Å². The molecular formula is C13H18N4O. The van der Waals surface area contributed by atoms with Gasteiger partial charge in [-0.1, -0.05) is 12.1 Å². The summed E-state index contributed by atoms with van der Waals surface area (Å²) >= 11 is 0. The molecule has 0 aliphatic rings. The number of nitrogens with two attached hydrogens (primary N) is 1. The summed E-state index contributed by atoms with van der Waals surface area (Å²) in [5, 5.41) is 4.09. The first-order chi connectivity index (χ1) is 8.70. The molecule has 5 nitrogen and oxygen atoms in total. The van der Waals surface area contributed by atoms with Crippen molar-refractivity contribution in [1.29, 1.82) is 0 Å². The summed E-state index contributed by atoms with van der Waals surface area (Å²) in [6.45, 7) is 5.20. The molecule has 1 heterocycles. The molecule has 1 aromatic carbocycles. The maximum Gasteiger partial charge on any atom is 0.164 e. The second-order valence-electron chi connectivity index (χ2n) is 4.14. The van der Waals surface area contributed by atoms with E-state index >= 15 is 0 Å². The minimum absolute atomic E-state index is 0.0437. The summed E-state index contributed by atoms with van der Waals surface area (Å²) in [7, 11) is 0. The zero-order valence-electron chi connectivity index (χ0n) is 10.7. The van der Waals surface area contributed by atoms with Crippen LogP contribution < -0.4 is 10.5 Å². The van der Waals surface area contributed by atoms with Crippen molar-refractivity contribution in [2.24, 2.45) is 5.73 Å². The van der Waals surface area contributed by atoms with Gasteiger partial charge in [0.2, 0.25) is 0 Å². The largest absolute Gasteiger partial charge is 0.486 e. The molecule has 0 aliphatic heterocycles. The molecule has 0 spiro atoms. The molecule has 0 aliphatic carbocycles. The number of rotatable bonds is 5. The minimum atomic E-state index is 0.0437. The van der Waals surface area contributed by atoms with Crippen LogP contribution in [0.2, 0.25) is 0 Å². The molecule has 0 saturated carbocycles. The Morgan fingerprint density at radius 2 is 2.06 bits per heavy atom. The van der Waals surface area contributed by atoms with E-state index in [0.29, 0.717) is 6.61 Å². The Labute approximate surface area is 107 Å². The molecule has 2 rings (SSSR count). The molecule has 96 valence electrons. The summed E-state index contributed by atoms with van der Waals surface area (Å²) in [5.74, 6) is 1.64. The zero-order chi connectivity index (χ0) is 13.0. The van der Waals surface area contributed by atoms with Gasteiger partial charge in [-0.2, -0.15) is 5.10 Å². The van der Waals surface area contributed by atoms with E-state index in [-0.39, 0.29) is 6.04 Å². The predicted molar refractivity (Wildman–Crippen MR) is 69.1 cm³/mol. The topological polar surface area (TPSA) is 66.0 Å². The van der Waals surface area contributed by atoms with Crippen LogP contribution >= 0.6 is 0 Å². The van der Waals surface area contributed by atoms with Crippen molar-refractivity contribution in [2.45, 2.75) is 33.0 Å². The van der Waals surface area contributed by atoms with E-state index in [4.69, 9.17) is 10.5 Å². The van der Waals surface area contributed by atoms with Crippen LogP contribution in [0.1, 0.15) is 31.3 Å². The van der Waals surface area contributed by atoms with Crippen molar-refractivity contribution in [2.75, 3.05) is 0 Å². The number of benzene rings is 1. The van der Waals surface area contributed by atoms with E-state index in [1.165, 1.54) is 0 Å². The van der Waals surface area contributed by atoms with Crippen molar-refractivity contribution in [1.82, 2.24) is 14.8 Å². The van der Waals surface area contributed by atoms with E-state index < -0.39 is 0 Å². The van der Waals surface area contributed by atoms with Crippen molar-refractivity contribution in [3.8, 4) is 5.75 Å². The fourth-order valence-corrected chi connectivity index (χ4v) is 1.68. The molecule has 0 amide bonds. The Balaban J connectivity index is 1.98. The molecule has 1 atom stereocenters. The summed E-state index contributed by atoms with van der Waals surface area (Å²) < 4.78 is 7.48. The van der Waals surface area contributed by atoms with E-state index in [1.54, 1.807) is 6.33 Å². The summed E-state index contributed by atoms with van der Waals surface area (Å²) in [6, 6.07) is 7.84. The molecule has 0 radical (unpaired) electrons. The lowest BCUT2D eigenvalue weighted by atomic mass is 10.1. The number of nitrogens with zero attached hydrogens (tertiary/aromatic N) is 3. The van der Waals surface area contributed by atoms with Crippen molar-refractivity contribution in [3.05, 3.63) is 42.0 Å². The quantitative estimate of drug-likeness (QED) is 0.875. The summed E-state index contributed by atoms with van der Waals surface area (Å²) in [4.78, 5) is 4.15. The lowest BCUT2D eigenvalue weighted by Crippen LogP contribution is -2.07. The van der Waals surface area contributed by atoms with Crippen LogP contribution in [0, 0.1) is 0 Å². The normalized spacial score (nSPS) is 12.4. The average Bonchev–Trinajstić information content (AvgIpc) is 2.84. The first-order valence-corrected chi connectivity index (χ1v) is 6.05. The van der Waals surface area contributed by atoms with Gasteiger partial charge in [0, 0.05) is 12.6 Å². The fourth-order valence-electron chi connectivity index (χ4n) is 1.68. The highest BCUT2D eigenvalue weighted by atomic mass is 16.5. The highest BCUT2D eigenvalue weighted by Crippen LogP contribution is 2.16. The Morgan fingerprint density at radius 1 is 1.33 bits per heavy atom. The van der Waals surface area contributed by atoms with Gasteiger partial charge in [-0.25, -0.2) is 9.67 Å². The zero-order valence-corrected chi connectivity index (χ0v) is 10.7. The van der Waals surface area contributed by atoms with Crippen LogP contribution in [0.4, 0.5) is 0 Å². The second-order valence-corrected chi connectivity index (χ2v) is 4.14. The molecule has 0 saturated heterocycles.